The van der Waals surface area contributed by atoms with E-state index in [-0.39, 0.29) is 11.9 Å². The van der Waals surface area contributed by atoms with Crippen LogP contribution in [0.25, 0.3) is 0 Å². The molecule has 6 N–H and O–H groups in total. The minimum absolute atomic E-state index is 0.0288. The van der Waals surface area contributed by atoms with Gasteiger partial charge >= 0.3 is 12.1 Å². The van der Waals surface area contributed by atoms with Gasteiger partial charge in [-0.3, -0.25) is 10.2 Å². The van der Waals surface area contributed by atoms with Crippen LogP contribution in [0.2, 0.25) is 0 Å². The molecule has 0 aromatic heterocycles. The monoisotopic (exact) mass is 496 g/mol. The number of carbonyl (C=O) groups excluding carboxylic acids is 1. The molecule has 10 heteroatoms. The number of guanidine groups is 1. The van der Waals surface area contributed by atoms with Crippen LogP contribution in [-0.4, -0.2) is 42.2 Å². The van der Waals surface area contributed by atoms with Crippen molar-refractivity contribution in [1.29, 1.82) is 5.41 Å². The molecule has 0 heterocycles. The largest absolute Gasteiger partial charge is 0.490 e. The second-order valence-electron chi connectivity index (χ2n) is 8.55. The molecule has 0 atom stereocenters. The number of amides is 1. The van der Waals surface area contributed by atoms with E-state index < -0.39 is 12.1 Å². The van der Waals surface area contributed by atoms with Crippen molar-refractivity contribution in [3.05, 3.63) is 0 Å². The summed E-state index contributed by atoms with van der Waals surface area (Å²) in [7, 11) is 0. The SMILES string of the molecule is CCCCCCCCCCCCCCCC(=O)NCCCCCNC(=N)N.O=C(O)C(F)(F)F. The summed E-state index contributed by atoms with van der Waals surface area (Å²) in [5, 5.41) is 20.0. The lowest BCUT2D eigenvalue weighted by Gasteiger charge is -2.06. The van der Waals surface area contributed by atoms with E-state index in [1.54, 1.807) is 0 Å². The first kappa shape index (κ1) is 34.2. The lowest BCUT2D eigenvalue weighted by molar-refractivity contribution is -0.192. The highest BCUT2D eigenvalue weighted by atomic mass is 19.4. The number of rotatable bonds is 20. The first-order valence-electron chi connectivity index (χ1n) is 12.8. The van der Waals surface area contributed by atoms with Crippen LogP contribution in [0, 0.1) is 5.41 Å². The lowest BCUT2D eigenvalue weighted by atomic mass is 10.0. The summed E-state index contributed by atoms with van der Waals surface area (Å²) in [6.45, 7) is 3.77. The van der Waals surface area contributed by atoms with Crippen LogP contribution in [0.5, 0.6) is 0 Å². The Morgan fingerprint density at radius 1 is 0.735 bits per heavy atom. The smallest absolute Gasteiger partial charge is 0.475 e. The molecule has 0 aliphatic carbocycles. The third-order valence-corrected chi connectivity index (χ3v) is 5.24. The summed E-state index contributed by atoms with van der Waals surface area (Å²) in [5.74, 6) is -2.53. The van der Waals surface area contributed by atoms with Crippen LogP contribution in [0.15, 0.2) is 0 Å². The van der Waals surface area contributed by atoms with E-state index in [0.717, 1.165) is 38.8 Å². The van der Waals surface area contributed by atoms with Crippen LogP contribution in [0.1, 0.15) is 116 Å². The molecule has 0 spiro atoms. The first-order chi connectivity index (χ1) is 16.1. The van der Waals surface area contributed by atoms with E-state index >= 15 is 0 Å². The predicted molar refractivity (Wildman–Crippen MR) is 131 cm³/mol. The summed E-state index contributed by atoms with van der Waals surface area (Å²) in [4.78, 5) is 20.7. The van der Waals surface area contributed by atoms with Gasteiger partial charge in [-0.05, 0) is 25.7 Å². The molecular formula is C24H47F3N4O3. The zero-order valence-electron chi connectivity index (χ0n) is 20.9. The van der Waals surface area contributed by atoms with Gasteiger partial charge in [-0.2, -0.15) is 13.2 Å². The van der Waals surface area contributed by atoms with E-state index in [0.29, 0.717) is 6.42 Å². The highest BCUT2D eigenvalue weighted by Gasteiger charge is 2.38. The summed E-state index contributed by atoms with van der Waals surface area (Å²) < 4.78 is 31.7. The minimum Gasteiger partial charge on any atom is -0.475 e. The number of hydrogen-bond acceptors (Lipinski definition) is 3. The third kappa shape index (κ3) is 30.0. The topological polar surface area (TPSA) is 128 Å². The van der Waals surface area contributed by atoms with Crippen LogP contribution < -0.4 is 16.4 Å². The van der Waals surface area contributed by atoms with Crippen LogP contribution in [0.4, 0.5) is 13.2 Å². The molecule has 0 saturated heterocycles. The average Bonchev–Trinajstić information content (AvgIpc) is 2.76. The molecule has 0 aromatic carbocycles. The van der Waals surface area contributed by atoms with Crippen LogP contribution >= 0.6 is 0 Å². The van der Waals surface area contributed by atoms with Crippen molar-refractivity contribution in [2.75, 3.05) is 13.1 Å². The number of nitrogens with two attached hydrogens (primary N) is 1. The molecule has 7 nitrogen and oxygen atoms in total. The molecule has 0 unspecified atom stereocenters. The second kappa shape index (κ2) is 24.1. The quantitative estimate of drug-likeness (QED) is 0.0818. The summed E-state index contributed by atoms with van der Waals surface area (Å²) in [6.07, 6.45) is 16.0. The molecule has 0 radical (unpaired) electrons. The van der Waals surface area contributed by atoms with Gasteiger partial charge in [0.2, 0.25) is 5.91 Å². The van der Waals surface area contributed by atoms with Crippen molar-refractivity contribution in [2.24, 2.45) is 5.73 Å². The number of carbonyl (C=O) groups is 2. The van der Waals surface area contributed by atoms with Crippen molar-refractivity contribution < 1.29 is 27.9 Å². The molecule has 1 amide bonds. The van der Waals surface area contributed by atoms with Crippen molar-refractivity contribution in [3.8, 4) is 0 Å². The first-order valence-corrected chi connectivity index (χ1v) is 12.8. The van der Waals surface area contributed by atoms with E-state index in [1.807, 2.05) is 0 Å². The van der Waals surface area contributed by atoms with Gasteiger partial charge in [0.15, 0.2) is 5.96 Å². The Hall–Kier alpha value is -2.00. The normalized spacial score (nSPS) is 10.8. The molecule has 0 aromatic rings. The second-order valence-corrected chi connectivity index (χ2v) is 8.55. The van der Waals surface area contributed by atoms with Crippen molar-refractivity contribution in [2.45, 2.75) is 122 Å². The molecule has 0 aliphatic heterocycles. The van der Waals surface area contributed by atoms with Crippen molar-refractivity contribution in [1.82, 2.24) is 10.6 Å². The third-order valence-electron chi connectivity index (χ3n) is 5.24. The highest BCUT2D eigenvalue weighted by Crippen LogP contribution is 2.13. The lowest BCUT2D eigenvalue weighted by Crippen LogP contribution is -2.31. The van der Waals surface area contributed by atoms with E-state index in [4.69, 9.17) is 21.0 Å². The molecule has 34 heavy (non-hydrogen) atoms. The van der Waals surface area contributed by atoms with E-state index in [9.17, 15) is 18.0 Å². The summed E-state index contributed by atoms with van der Waals surface area (Å²) in [6, 6.07) is 0. The Morgan fingerprint density at radius 3 is 1.47 bits per heavy atom. The van der Waals surface area contributed by atoms with Gasteiger partial charge in [0.25, 0.3) is 0 Å². The maximum absolute atomic E-state index is 11.8. The van der Waals surface area contributed by atoms with Gasteiger partial charge in [-0.1, -0.05) is 84.0 Å². The Bertz CT molecular complexity index is 518. The molecule has 202 valence electrons. The Balaban J connectivity index is 0. The molecule has 0 saturated carbocycles. The zero-order valence-corrected chi connectivity index (χ0v) is 20.9. The number of halogens is 3. The number of hydrogen-bond donors (Lipinski definition) is 5. The highest BCUT2D eigenvalue weighted by molar-refractivity contribution is 5.75. The predicted octanol–water partition coefficient (Wildman–Crippen LogP) is 5.87. The maximum Gasteiger partial charge on any atom is 0.490 e. The van der Waals surface area contributed by atoms with Crippen LogP contribution in [0.3, 0.4) is 0 Å². The maximum atomic E-state index is 11.8. The summed E-state index contributed by atoms with van der Waals surface area (Å²) in [5.41, 5.74) is 5.21. The average molecular weight is 497 g/mol. The minimum atomic E-state index is -5.08. The van der Waals surface area contributed by atoms with Gasteiger partial charge in [-0.25, -0.2) is 4.79 Å². The van der Waals surface area contributed by atoms with Gasteiger partial charge < -0.3 is 21.5 Å². The fourth-order valence-corrected chi connectivity index (χ4v) is 3.27. The molecule has 0 bridgehead atoms. The van der Waals surface area contributed by atoms with Gasteiger partial charge in [0.1, 0.15) is 0 Å². The fourth-order valence-electron chi connectivity index (χ4n) is 3.27. The number of aliphatic carboxylic acids is 1. The molecular weight excluding hydrogens is 449 g/mol. The Morgan fingerprint density at radius 2 is 1.09 bits per heavy atom. The van der Waals surface area contributed by atoms with E-state index in [2.05, 4.69) is 17.6 Å². The molecule has 0 fully saturated rings. The van der Waals surface area contributed by atoms with E-state index in [1.165, 1.54) is 77.0 Å². The number of alkyl halides is 3. The van der Waals surface area contributed by atoms with Crippen molar-refractivity contribution >= 4 is 17.8 Å². The fraction of sp³-hybridized carbons (Fsp3) is 0.875. The van der Waals surface area contributed by atoms with Crippen molar-refractivity contribution in [3.63, 3.8) is 0 Å². The van der Waals surface area contributed by atoms with Gasteiger partial charge in [0.05, 0.1) is 0 Å². The van der Waals surface area contributed by atoms with Crippen LogP contribution in [-0.2, 0) is 9.59 Å². The molecule has 0 aliphatic rings. The zero-order chi connectivity index (χ0) is 26.1. The van der Waals surface area contributed by atoms with Gasteiger partial charge in [0, 0.05) is 19.5 Å². The number of unbranched alkanes of at least 4 members (excludes halogenated alkanes) is 14. The van der Waals surface area contributed by atoms with Gasteiger partial charge in [-0.15, -0.1) is 0 Å². The number of carboxylic acid groups (broad SMARTS) is 1. The Kier molecular flexibility index (Phi) is 24.3. The standard InChI is InChI=1S/C22H46N4O.C2HF3O2/c1-2-3-4-5-6-7-8-9-10-11-12-13-15-18-21(27)25-19-16-14-17-20-26-22(23)24;3-2(4,5)1(6)7/h2-20H2,1H3,(H,25,27)(H4,23,24,26);(H,6,7). The molecule has 0 rings (SSSR count). The summed E-state index contributed by atoms with van der Waals surface area (Å²) >= 11 is 0. The number of carboxylic acids is 1. The Labute approximate surface area is 203 Å². The number of nitrogens with one attached hydrogen (secondary N) is 3.